The normalized spacial score (nSPS) is 18.1. The second kappa shape index (κ2) is 5.21. The van der Waals surface area contributed by atoms with Gasteiger partial charge in [-0.15, -0.1) is 0 Å². The number of nitrogens with one attached hydrogen (secondary N) is 1. The van der Waals surface area contributed by atoms with E-state index in [2.05, 4.69) is 5.32 Å². The third-order valence-electron chi connectivity index (χ3n) is 3.97. The van der Waals surface area contributed by atoms with Crippen LogP contribution in [0, 0.1) is 5.92 Å². The molecule has 0 radical (unpaired) electrons. The first-order valence-corrected chi connectivity index (χ1v) is 6.77. The van der Waals surface area contributed by atoms with Crippen LogP contribution < -0.4 is 11.1 Å². The molecule has 0 saturated heterocycles. The van der Waals surface area contributed by atoms with E-state index in [0.29, 0.717) is 5.69 Å². The lowest BCUT2D eigenvalue weighted by Gasteiger charge is -2.24. The minimum absolute atomic E-state index is 0.0185. The fourth-order valence-corrected chi connectivity index (χ4v) is 2.30. The van der Waals surface area contributed by atoms with Crippen LogP contribution in [-0.4, -0.2) is 23.7 Å². The molecule has 1 aliphatic carbocycles. The van der Waals surface area contributed by atoms with Crippen LogP contribution in [-0.2, 0) is 10.2 Å². The summed E-state index contributed by atoms with van der Waals surface area (Å²) in [6.07, 6.45) is 1.72. The molecule has 4 N–H and O–H groups in total. The number of carbonyl (C=O) groups excluding carboxylic acids is 1. The van der Waals surface area contributed by atoms with Gasteiger partial charge in [0.1, 0.15) is 0 Å². The fraction of sp³-hybridized carbons (Fsp3) is 0.533. The van der Waals surface area contributed by atoms with E-state index in [1.807, 2.05) is 38.1 Å². The summed E-state index contributed by atoms with van der Waals surface area (Å²) in [5.74, 6) is 0.237. The average Bonchev–Trinajstić information content (AvgIpc) is 3.17. The maximum atomic E-state index is 12.4. The Morgan fingerprint density at radius 2 is 1.95 bits per heavy atom. The zero-order valence-corrected chi connectivity index (χ0v) is 11.5. The molecule has 1 aromatic carbocycles. The van der Waals surface area contributed by atoms with Crippen molar-refractivity contribution in [1.82, 2.24) is 5.32 Å². The lowest BCUT2D eigenvalue weighted by Crippen LogP contribution is -2.45. The predicted octanol–water partition coefficient (Wildman–Crippen LogP) is 1.43. The van der Waals surface area contributed by atoms with Crippen molar-refractivity contribution in [3.05, 3.63) is 29.8 Å². The monoisotopic (exact) mass is 262 g/mol. The van der Waals surface area contributed by atoms with Crippen LogP contribution in [0.1, 0.15) is 32.3 Å². The van der Waals surface area contributed by atoms with Crippen molar-refractivity contribution >= 4 is 11.6 Å². The summed E-state index contributed by atoms with van der Waals surface area (Å²) in [6.45, 7) is 3.95. The van der Waals surface area contributed by atoms with E-state index in [4.69, 9.17) is 5.73 Å². The molecule has 0 aromatic heterocycles. The first kappa shape index (κ1) is 13.9. The number of nitrogen functional groups attached to an aromatic ring is 1. The average molecular weight is 262 g/mol. The summed E-state index contributed by atoms with van der Waals surface area (Å²) in [6, 6.07) is 7.32. The van der Waals surface area contributed by atoms with Gasteiger partial charge in [0.05, 0.1) is 18.1 Å². The minimum atomic E-state index is -0.407. The van der Waals surface area contributed by atoms with Crippen molar-refractivity contribution in [3.63, 3.8) is 0 Å². The molecule has 19 heavy (non-hydrogen) atoms. The van der Waals surface area contributed by atoms with Crippen LogP contribution in [0.2, 0.25) is 0 Å². The molecule has 4 nitrogen and oxygen atoms in total. The van der Waals surface area contributed by atoms with E-state index in [-0.39, 0.29) is 24.5 Å². The number of nitrogens with two attached hydrogens (primary N) is 1. The van der Waals surface area contributed by atoms with Gasteiger partial charge in [-0.3, -0.25) is 4.79 Å². The van der Waals surface area contributed by atoms with Gasteiger partial charge in [-0.25, -0.2) is 0 Å². The Morgan fingerprint density at radius 1 is 1.37 bits per heavy atom. The van der Waals surface area contributed by atoms with E-state index in [1.165, 1.54) is 0 Å². The molecule has 1 amide bonds. The molecule has 1 unspecified atom stereocenters. The number of rotatable bonds is 5. The highest BCUT2D eigenvalue weighted by Gasteiger charge is 2.51. The molecule has 1 saturated carbocycles. The maximum absolute atomic E-state index is 12.4. The number of hydrogen-bond donors (Lipinski definition) is 3. The summed E-state index contributed by atoms with van der Waals surface area (Å²) in [5, 5.41) is 12.3. The Kier molecular flexibility index (Phi) is 3.80. The van der Waals surface area contributed by atoms with Crippen molar-refractivity contribution in [2.75, 3.05) is 12.3 Å². The van der Waals surface area contributed by atoms with E-state index in [0.717, 1.165) is 18.4 Å². The Hall–Kier alpha value is -1.55. The van der Waals surface area contributed by atoms with Crippen LogP contribution in [0.5, 0.6) is 0 Å². The van der Waals surface area contributed by atoms with Gasteiger partial charge in [0.15, 0.2) is 0 Å². The molecule has 1 atom stereocenters. The highest BCUT2D eigenvalue weighted by atomic mass is 16.3. The van der Waals surface area contributed by atoms with Gasteiger partial charge >= 0.3 is 0 Å². The van der Waals surface area contributed by atoms with Gasteiger partial charge < -0.3 is 16.2 Å². The molecular formula is C15H22N2O2. The Labute approximate surface area is 114 Å². The Balaban J connectivity index is 2.12. The smallest absolute Gasteiger partial charge is 0.230 e. The van der Waals surface area contributed by atoms with Gasteiger partial charge in [-0.05, 0) is 36.5 Å². The van der Waals surface area contributed by atoms with Crippen LogP contribution >= 0.6 is 0 Å². The maximum Gasteiger partial charge on any atom is 0.230 e. The van der Waals surface area contributed by atoms with Crippen LogP contribution in [0.25, 0.3) is 0 Å². The van der Waals surface area contributed by atoms with Crippen LogP contribution in [0.4, 0.5) is 5.69 Å². The molecule has 104 valence electrons. The quantitative estimate of drug-likeness (QED) is 0.703. The second-order valence-electron chi connectivity index (χ2n) is 5.71. The standard InChI is InChI=1S/C15H22N2O2/c1-10(2)13(9-18)17-14(19)15(7-8-15)11-3-5-12(16)6-4-11/h3-6,10,13,18H,7-9,16H2,1-2H3,(H,17,19). The van der Waals surface area contributed by atoms with Crippen LogP contribution in [0.3, 0.4) is 0 Å². The molecule has 4 heteroatoms. The van der Waals surface area contributed by atoms with Gasteiger partial charge in [-0.2, -0.15) is 0 Å². The molecule has 0 heterocycles. The van der Waals surface area contributed by atoms with Gasteiger partial charge in [0.25, 0.3) is 0 Å². The number of amides is 1. The zero-order chi connectivity index (χ0) is 14.0. The number of anilines is 1. The van der Waals surface area contributed by atoms with Crippen molar-refractivity contribution < 1.29 is 9.90 Å². The molecule has 0 spiro atoms. The number of aliphatic hydroxyl groups is 1. The fourth-order valence-electron chi connectivity index (χ4n) is 2.30. The van der Waals surface area contributed by atoms with Gasteiger partial charge in [0, 0.05) is 5.69 Å². The largest absolute Gasteiger partial charge is 0.399 e. The molecule has 2 rings (SSSR count). The van der Waals surface area contributed by atoms with Gasteiger partial charge in [-0.1, -0.05) is 26.0 Å². The number of carbonyl (C=O) groups is 1. The molecule has 0 aliphatic heterocycles. The predicted molar refractivity (Wildman–Crippen MR) is 75.6 cm³/mol. The molecule has 1 aromatic rings. The molecular weight excluding hydrogens is 240 g/mol. The van der Waals surface area contributed by atoms with Crippen molar-refractivity contribution in [1.29, 1.82) is 0 Å². The summed E-state index contributed by atoms with van der Waals surface area (Å²) >= 11 is 0. The van der Waals surface area contributed by atoms with Crippen molar-refractivity contribution in [3.8, 4) is 0 Å². The number of aliphatic hydroxyl groups excluding tert-OH is 1. The van der Waals surface area contributed by atoms with E-state index < -0.39 is 5.41 Å². The SMILES string of the molecule is CC(C)C(CO)NC(=O)C1(c2ccc(N)cc2)CC1. The van der Waals surface area contributed by atoms with E-state index in [9.17, 15) is 9.90 Å². The minimum Gasteiger partial charge on any atom is -0.399 e. The third kappa shape index (κ3) is 2.73. The topological polar surface area (TPSA) is 75.3 Å². The highest BCUT2D eigenvalue weighted by Crippen LogP contribution is 2.48. The van der Waals surface area contributed by atoms with E-state index in [1.54, 1.807) is 0 Å². The lowest BCUT2D eigenvalue weighted by molar-refractivity contribution is -0.125. The zero-order valence-electron chi connectivity index (χ0n) is 11.5. The van der Waals surface area contributed by atoms with E-state index >= 15 is 0 Å². The Bertz CT molecular complexity index is 450. The molecule has 1 aliphatic rings. The molecule has 0 bridgehead atoms. The summed E-state index contributed by atoms with van der Waals surface area (Å²) < 4.78 is 0. The number of benzene rings is 1. The highest BCUT2D eigenvalue weighted by molar-refractivity contribution is 5.91. The Morgan fingerprint density at radius 3 is 2.37 bits per heavy atom. The van der Waals surface area contributed by atoms with Crippen molar-refractivity contribution in [2.24, 2.45) is 5.92 Å². The number of hydrogen-bond acceptors (Lipinski definition) is 3. The second-order valence-corrected chi connectivity index (χ2v) is 5.71. The van der Waals surface area contributed by atoms with Crippen molar-refractivity contribution in [2.45, 2.75) is 38.1 Å². The summed E-state index contributed by atoms with van der Waals surface area (Å²) in [7, 11) is 0. The first-order valence-electron chi connectivity index (χ1n) is 6.77. The summed E-state index contributed by atoms with van der Waals surface area (Å²) in [5.41, 5.74) is 6.99. The molecule has 1 fully saturated rings. The third-order valence-corrected chi connectivity index (χ3v) is 3.97. The van der Waals surface area contributed by atoms with Crippen LogP contribution in [0.15, 0.2) is 24.3 Å². The summed E-state index contributed by atoms with van der Waals surface area (Å²) in [4.78, 5) is 12.4. The lowest BCUT2D eigenvalue weighted by atomic mass is 9.93. The van der Waals surface area contributed by atoms with Gasteiger partial charge in [0.2, 0.25) is 5.91 Å². The first-order chi connectivity index (χ1) is 8.99.